The second-order valence-corrected chi connectivity index (χ2v) is 8.54. The number of carbonyl (C=O) groups excluding carboxylic acids is 1. The number of aromatic amines is 1. The molecular formula is C20H24N6OS. The van der Waals surface area contributed by atoms with Gasteiger partial charge in [-0.25, -0.2) is 0 Å². The first-order valence-corrected chi connectivity index (χ1v) is 10.6. The molecule has 1 amide bonds. The van der Waals surface area contributed by atoms with Crippen LogP contribution in [0.1, 0.15) is 28.9 Å². The van der Waals surface area contributed by atoms with Gasteiger partial charge in [0.25, 0.3) is 5.91 Å². The van der Waals surface area contributed by atoms with E-state index in [0.717, 1.165) is 29.7 Å². The minimum absolute atomic E-state index is 0.166. The Morgan fingerprint density at radius 2 is 2.00 bits per heavy atom. The Balaban J connectivity index is 1.17. The average molecular weight is 397 g/mol. The van der Waals surface area contributed by atoms with Gasteiger partial charge in [0.15, 0.2) is 0 Å². The third-order valence-corrected chi connectivity index (χ3v) is 6.65. The fraction of sp³-hybridized carbons (Fsp3) is 0.400. The lowest BCUT2D eigenvalue weighted by Gasteiger charge is -2.34. The van der Waals surface area contributed by atoms with Crippen molar-refractivity contribution in [3.63, 3.8) is 0 Å². The van der Waals surface area contributed by atoms with E-state index in [1.165, 1.54) is 35.4 Å². The number of piperazine rings is 1. The number of rotatable bonds is 5. The summed E-state index contributed by atoms with van der Waals surface area (Å²) in [6, 6.07) is 10.0. The third kappa shape index (κ3) is 3.22. The Labute approximate surface area is 167 Å². The van der Waals surface area contributed by atoms with Crippen LogP contribution in [0.5, 0.6) is 0 Å². The van der Waals surface area contributed by atoms with Gasteiger partial charge in [0.1, 0.15) is 10.5 Å². The summed E-state index contributed by atoms with van der Waals surface area (Å²) >= 11 is 1.43. The summed E-state index contributed by atoms with van der Waals surface area (Å²) in [7, 11) is 0. The average Bonchev–Trinajstić information content (AvgIpc) is 3.39. The van der Waals surface area contributed by atoms with E-state index in [0.29, 0.717) is 30.0 Å². The highest BCUT2D eigenvalue weighted by molar-refractivity contribution is 7.17. The zero-order chi connectivity index (χ0) is 19.1. The topological polar surface area (TPSA) is 99.1 Å². The van der Waals surface area contributed by atoms with Gasteiger partial charge in [0, 0.05) is 42.8 Å². The molecule has 2 unspecified atom stereocenters. The zero-order valence-electron chi connectivity index (χ0n) is 15.6. The molecule has 2 aromatic heterocycles. The molecular weight excluding hydrogens is 372 g/mol. The molecule has 2 aliphatic rings. The zero-order valence-corrected chi connectivity index (χ0v) is 16.4. The molecule has 146 valence electrons. The van der Waals surface area contributed by atoms with Crippen molar-refractivity contribution in [3.8, 4) is 0 Å². The van der Waals surface area contributed by atoms with Crippen molar-refractivity contribution in [2.45, 2.75) is 31.3 Å². The smallest absolute Gasteiger partial charge is 0.270 e. The lowest BCUT2D eigenvalue weighted by Crippen LogP contribution is -2.51. The number of aromatic nitrogens is 2. The SMILES string of the molecule is Nc1csc2n[nH]c(C(=O)NCCc3ccc(N4CC5CCC(C4)N5)cc3)c12. The van der Waals surface area contributed by atoms with Crippen molar-refractivity contribution in [2.75, 3.05) is 30.3 Å². The van der Waals surface area contributed by atoms with Crippen molar-refractivity contribution in [1.82, 2.24) is 20.8 Å². The van der Waals surface area contributed by atoms with Crippen LogP contribution in [0.25, 0.3) is 10.2 Å². The number of anilines is 2. The van der Waals surface area contributed by atoms with Crippen LogP contribution in [0.3, 0.4) is 0 Å². The van der Waals surface area contributed by atoms with E-state index in [2.05, 4.69) is 50.0 Å². The van der Waals surface area contributed by atoms with Gasteiger partial charge < -0.3 is 21.3 Å². The van der Waals surface area contributed by atoms with E-state index in [4.69, 9.17) is 5.73 Å². The number of thiophene rings is 1. The van der Waals surface area contributed by atoms with E-state index >= 15 is 0 Å². The van der Waals surface area contributed by atoms with Gasteiger partial charge in [-0.1, -0.05) is 12.1 Å². The minimum Gasteiger partial charge on any atom is -0.397 e. The van der Waals surface area contributed by atoms with Crippen LogP contribution in [0, 0.1) is 0 Å². The van der Waals surface area contributed by atoms with E-state index < -0.39 is 0 Å². The molecule has 2 aliphatic heterocycles. The molecule has 5 rings (SSSR count). The molecule has 7 nitrogen and oxygen atoms in total. The van der Waals surface area contributed by atoms with Gasteiger partial charge in [-0.3, -0.25) is 9.89 Å². The summed E-state index contributed by atoms with van der Waals surface area (Å²) in [6.07, 6.45) is 3.37. The quantitative estimate of drug-likeness (QED) is 0.529. The number of nitrogens with one attached hydrogen (secondary N) is 3. The van der Waals surface area contributed by atoms with E-state index in [-0.39, 0.29) is 5.91 Å². The van der Waals surface area contributed by atoms with Crippen molar-refractivity contribution < 1.29 is 4.79 Å². The molecule has 28 heavy (non-hydrogen) atoms. The Bertz CT molecular complexity index is 982. The molecule has 8 heteroatoms. The number of hydrogen-bond donors (Lipinski definition) is 4. The fourth-order valence-electron chi connectivity index (χ4n) is 4.31. The van der Waals surface area contributed by atoms with Crippen LogP contribution in [-0.2, 0) is 6.42 Å². The van der Waals surface area contributed by atoms with Gasteiger partial charge in [0.2, 0.25) is 0 Å². The highest BCUT2D eigenvalue weighted by Gasteiger charge is 2.32. The standard InChI is InChI=1S/C20H24N6OS/c21-16-11-28-20-17(16)18(24-25-20)19(27)22-8-7-12-1-5-15(6-2-12)26-9-13-3-4-14(10-26)23-13/h1-2,5-6,11,13-14,23H,3-4,7-10,21H2,(H,22,27)(H,24,25). The molecule has 0 radical (unpaired) electrons. The largest absolute Gasteiger partial charge is 0.397 e. The fourth-order valence-corrected chi connectivity index (χ4v) is 5.10. The van der Waals surface area contributed by atoms with Crippen LogP contribution >= 0.6 is 11.3 Å². The van der Waals surface area contributed by atoms with Crippen LogP contribution < -0.4 is 21.3 Å². The molecule has 3 aromatic rings. The number of hydrogen-bond acceptors (Lipinski definition) is 6. The molecule has 2 bridgehead atoms. The highest BCUT2D eigenvalue weighted by Crippen LogP contribution is 2.29. The maximum atomic E-state index is 12.4. The first-order chi connectivity index (χ1) is 13.7. The summed E-state index contributed by atoms with van der Waals surface area (Å²) < 4.78 is 0. The second kappa shape index (κ2) is 7.10. The Hall–Kier alpha value is -2.58. The number of nitrogens with zero attached hydrogens (tertiary/aromatic N) is 2. The van der Waals surface area contributed by atoms with Crippen molar-refractivity contribution in [1.29, 1.82) is 0 Å². The summed E-state index contributed by atoms with van der Waals surface area (Å²) in [5, 5.41) is 16.1. The Kier molecular flexibility index (Phi) is 4.44. The maximum absolute atomic E-state index is 12.4. The number of amides is 1. The van der Waals surface area contributed by atoms with Crippen molar-refractivity contribution >= 4 is 38.8 Å². The van der Waals surface area contributed by atoms with Crippen LogP contribution in [0.4, 0.5) is 11.4 Å². The van der Waals surface area contributed by atoms with Gasteiger partial charge >= 0.3 is 0 Å². The van der Waals surface area contributed by atoms with Gasteiger partial charge in [0.05, 0.1) is 11.1 Å². The van der Waals surface area contributed by atoms with Gasteiger partial charge in [-0.2, -0.15) is 5.10 Å². The van der Waals surface area contributed by atoms with Gasteiger partial charge in [-0.05, 0) is 37.0 Å². The Morgan fingerprint density at radius 1 is 1.25 bits per heavy atom. The van der Waals surface area contributed by atoms with Crippen LogP contribution in [-0.4, -0.2) is 47.8 Å². The molecule has 2 fully saturated rings. The van der Waals surface area contributed by atoms with Crippen LogP contribution in [0.2, 0.25) is 0 Å². The normalized spacial score (nSPS) is 21.4. The lowest BCUT2D eigenvalue weighted by atomic mass is 10.1. The Morgan fingerprint density at radius 3 is 2.75 bits per heavy atom. The third-order valence-electron chi connectivity index (χ3n) is 5.76. The number of H-pyrrole nitrogens is 1. The van der Waals surface area contributed by atoms with Crippen molar-refractivity contribution in [3.05, 3.63) is 40.9 Å². The first-order valence-electron chi connectivity index (χ1n) is 9.76. The molecule has 1 aromatic carbocycles. The first kappa shape index (κ1) is 17.5. The van der Waals surface area contributed by atoms with Gasteiger partial charge in [-0.15, -0.1) is 11.3 Å². The highest BCUT2D eigenvalue weighted by atomic mass is 32.1. The molecule has 0 saturated carbocycles. The van der Waals surface area contributed by atoms with Crippen molar-refractivity contribution in [2.24, 2.45) is 0 Å². The number of carbonyl (C=O) groups is 1. The number of nitrogen functional groups attached to an aromatic ring is 1. The molecule has 5 N–H and O–H groups in total. The van der Waals surface area contributed by atoms with Crippen LogP contribution in [0.15, 0.2) is 29.6 Å². The predicted molar refractivity (Wildman–Crippen MR) is 113 cm³/mol. The summed E-state index contributed by atoms with van der Waals surface area (Å²) in [4.78, 5) is 15.7. The lowest BCUT2D eigenvalue weighted by molar-refractivity contribution is 0.0950. The maximum Gasteiger partial charge on any atom is 0.270 e. The molecule has 4 heterocycles. The monoisotopic (exact) mass is 396 g/mol. The molecule has 0 spiro atoms. The molecule has 0 aliphatic carbocycles. The summed E-state index contributed by atoms with van der Waals surface area (Å²) in [5.74, 6) is -0.166. The summed E-state index contributed by atoms with van der Waals surface area (Å²) in [5.41, 5.74) is 9.48. The molecule has 2 atom stereocenters. The summed E-state index contributed by atoms with van der Waals surface area (Å²) in [6.45, 7) is 2.76. The van der Waals surface area contributed by atoms with E-state index in [1.807, 2.05) is 5.38 Å². The number of benzene rings is 1. The van der Waals surface area contributed by atoms with E-state index in [1.54, 1.807) is 0 Å². The number of nitrogens with two attached hydrogens (primary N) is 1. The minimum atomic E-state index is -0.166. The molecule has 2 saturated heterocycles. The van der Waals surface area contributed by atoms with E-state index in [9.17, 15) is 4.79 Å². The predicted octanol–water partition coefficient (Wildman–Crippen LogP) is 2.12. The number of fused-ring (bicyclic) bond motifs is 3. The second-order valence-electron chi connectivity index (χ2n) is 7.68.